The molecule has 0 aliphatic heterocycles. The average Bonchev–Trinajstić information content (AvgIpc) is 2.39. The Morgan fingerprint density at radius 3 is 2.55 bits per heavy atom. The molecule has 0 saturated heterocycles. The van der Waals surface area contributed by atoms with E-state index in [9.17, 15) is 9.59 Å². The van der Waals surface area contributed by atoms with Crippen LogP contribution < -0.4 is 4.74 Å². The van der Waals surface area contributed by atoms with Gasteiger partial charge in [-0.2, -0.15) is 0 Å². The van der Waals surface area contributed by atoms with E-state index in [4.69, 9.17) is 21.1 Å². The molecule has 0 unspecified atom stereocenters. The molecule has 1 aromatic carbocycles. The molecule has 4 nitrogen and oxygen atoms in total. The van der Waals surface area contributed by atoms with Crippen molar-refractivity contribution in [2.45, 2.75) is 39.5 Å². The van der Waals surface area contributed by atoms with Gasteiger partial charge < -0.3 is 9.47 Å². The maximum Gasteiger partial charge on any atom is 0.311 e. The van der Waals surface area contributed by atoms with Crippen molar-refractivity contribution in [3.05, 3.63) is 28.8 Å². The van der Waals surface area contributed by atoms with Crippen molar-refractivity contribution in [2.75, 3.05) is 6.61 Å². The summed E-state index contributed by atoms with van der Waals surface area (Å²) < 4.78 is 10.1. The molecule has 0 spiro atoms. The number of halogens is 1. The Morgan fingerprint density at radius 2 is 1.90 bits per heavy atom. The van der Waals surface area contributed by atoms with E-state index in [2.05, 4.69) is 0 Å². The SMILES string of the molecule is CCCOC(=O)CCCC(=O)Oc1ccc(Cl)cc1C. The highest BCUT2D eigenvalue weighted by molar-refractivity contribution is 6.30. The summed E-state index contributed by atoms with van der Waals surface area (Å²) in [5.74, 6) is -0.144. The first-order valence-electron chi connectivity index (χ1n) is 6.65. The van der Waals surface area contributed by atoms with Gasteiger partial charge in [0.2, 0.25) is 0 Å². The third-order valence-corrected chi connectivity index (χ3v) is 2.82. The molecule has 20 heavy (non-hydrogen) atoms. The fraction of sp³-hybridized carbons (Fsp3) is 0.467. The number of ether oxygens (including phenoxy) is 2. The molecule has 1 rings (SSSR count). The number of aryl methyl sites for hydroxylation is 1. The van der Waals surface area contributed by atoms with Crippen LogP contribution in [0.5, 0.6) is 5.75 Å². The van der Waals surface area contributed by atoms with Crippen LogP contribution in [0.3, 0.4) is 0 Å². The monoisotopic (exact) mass is 298 g/mol. The first kappa shape index (κ1) is 16.5. The van der Waals surface area contributed by atoms with Crippen LogP contribution in [-0.4, -0.2) is 18.5 Å². The van der Waals surface area contributed by atoms with Crippen LogP contribution in [0.1, 0.15) is 38.2 Å². The molecule has 0 heterocycles. The van der Waals surface area contributed by atoms with E-state index < -0.39 is 0 Å². The molecule has 1 aromatic rings. The molecule has 0 aromatic heterocycles. The summed E-state index contributed by atoms with van der Waals surface area (Å²) >= 11 is 5.82. The number of hydrogen-bond acceptors (Lipinski definition) is 4. The summed E-state index contributed by atoms with van der Waals surface area (Å²) in [6.45, 7) is 4.17. The van der Waals surface area contributed by atoms with Crippen molar-refractivity contribution in [3.8, 4) is 5.75 Å². The van der Waals surface area contributed by atoms with Crippen molar-refractivity contribution in [1.29, 1.82) is 0 Å². The topological polar surface area (TPSA) is 52.6 Å². The largest absolute Gasteiger partial charge is 0.466 e. The Hall–Kier alpha value is -1.55. The summed E-state index contributed by atoms with van der Waals surface area (Å²) in [4.78, 5) is 22.9. The van der Waals surface area contributed by atoms with Gasteiger partial charge in [0, 0.05) is 17.9 Å². The first-order chi connectivity index (χ1) is 9.52. The van der Waals surface area contributed by atoms with E-state index in [1.54, 1.807) is 18.2 Å². The molecule has 0 aliphatic carbocycles. The van der Waals surface area contributed by atoms with Crippen LogP contribution in [0.2, 0.25) is 5.02 Å². The van der Waals surface area contributed by atoms with E-state index >= 15 is 0 Å². The Bertz CT molecular complexity index is 471. The standard InChI is InChI=1S/C15H19ClO4/c1-3-9-19-14(17)5-4-6-15(18)20-13-8-7-12(16)10-11(13)2/h7-8,10H,3-6,9H2,1-2H3. The third-order valence-electron chi connectivity index (χ3n) is 2.59. The zero-order valence-electron chi connectivity index (χ0n) is 11.8. The molecule has 0 bridgehead atoms. The normalized spacial score (nSPS) is 10.2. The highest BCUT2D eigenvalue weighted by atomic mass is 35.5. The summed E-state index contributed by atoms with van der Waals surface area (Å²) in [6.07, 6.45) is 1.63. The van der Waals surface area contributed by atoms with Gasteiger partial charge in [-0.05, 0) is 43.5 Å². The molecular formula is C15H19ClO4. The van der Waals surface area contributed by atoms with Crippen LogP contribution in [-0.2, 0) is 14.3 Å². The molecule has 0 fully saturated rings. The third kappa shape index (κ3) is 6.06. The van der Waals surface area contributed by atoms with Gasteiger partial charge in [0.15, 0.2) is 0 Å². The summed E-state index contributed by atoms with van der Waals surface area (Å²) in [6, 6.07) is 5.05. The van der Waals surface area contributed by atoms with Crippen molar-refractivity contribution >= 4 is 23.5 Å². The van der Waals surface area contributed by atoms with Crippen LogP contribution in [0.25, 0.3) is 0 Å². The first-order valence-corrected chi connectivity index (χ1v) is 7.03. The predicted octanol–water partition coefficient (Wildman–Crippen LogP) is 3.68. The Kier molecular flexibility index (Phi) is 7.09. The van der Waals surface area contributed by atoms with E-state index in [-0.39, 0.29) is 24.8 Å². The number of benzene rings is 1. The van der Waals surface area contributed by atoms with Crippen LogP contribution >= 0.6 is 11.6 Å². The number of rotatable bonds is 7. The van der Waals surface area contributed by atoms with Gasteiger partial charge in [0.1, 0.15) is 5.75 Å². The number of carbonyl (C=O) groups excluding carboxylic acids is 2. The van der Waals surface area contributed by atoms with Gasteiger partial charge in [0.05, 0.1) is 6.61 Å². The van der Waals surface area contributed by atoms with Crippen molar-refractivity contribution < 1.29 is 19.1 Å². The Balaban J connectivity index is 2.31. The fourth-order valence-corrected chi connectivity index (χ4v) is 1.79. The molecule has 5 heteroatoms. The zero-order valence-corrected chi connectivity index (χ0v) is 12.5. The van der Waals surface area contributed by atoms with Crippen LogP contribution in [0.15, 0.2) is 18.2 Å². The second kappa shape index (κ2) is 8.59. The van der Waals surface area contributed by atoms with Gasteiger partial charge in [-0.3, -0.25) is 9.59 Å². The second-order valence-corrected chi connectivity index (χ2v) is 4.89. The lowest BCUT2D eigenvalue weighted by atomic mass is 10.2. The van der Waals surface area contributed by atoms with E-state index in [1.165, 1.54) is 0 Å². The van der Waals surface area contributed by atoms with Gasteiger partial charge in [-0.1, -0.05) is 18.5 Å². The quantitative estimate of drug-likeness (QED) is 0.569. The summed E-state index contributed by atoms with van der Waals surface area (Å²) in [5, 5.41) is 0.598. The minimum atomic E-state index is -0.362. The number of carbonyl (C=O) groups is 2. The molecule has 110 valence electrons. The molecule has 0 N–H and O–H groups in total. The summed E-state index contributed by atoms with van der Waals surface area (Å²) in [5.41, 5.74) is 0.799. The highest BCUT2D eigenvalue weighted by Gasteiger charge is 2.09. The smallest absolute Gasteiger partial charge is 0.311 e. The fourth-order valence-electron chi connectivity index (χ4n) is 1.57. The van der Waals surface area contributed by atoms with E-state index in [0.29, 0.717) is 23.8 Å². The van der Waals surface area contributed by atoms with E-state index in [1.807, 2.05) is 13.8 Å². The molecular weight excluding hydrogens is 280 g/mol. The van der Waals surface area contributed by atoms with Crippen molar-refractivity contribution in [3.63, 3.8) is 0 Å². The highest BCUT2D eigenvalue weighted by Crippen LogP contribution is 2.22. The molecule has 0 saturated carbocycles. The lowest BCUT2D eigenvalue weighted by Crippen LogP contribution is -2.11. The molecule has 0 atom stereocenters. The van der Waals surface area contributed by atoms with Crippen LogP contribution in [0, 0.1) is 6.92 Å². The van der Waals surface area contributed by atoms with Crippen molar-refractivity contribution in [2.24, 2.45) is 0 Å². The molecule has 0 radical (unpaired) electrons. The predicted molar refractivity (Wildman–Crippen MR) is 76.9 cm³/mol. The van der Waals surface area contributed by atoms with Gasteiger partial charge in [-0.15, -0.1) is 0 Å². The Morgan fingerprint density at radius 1 is 1.20 bits per heavy atom. The van der Waals surface area contributed by atoms with Crippen molar-refractivity contribution in [1.82, 2.24) is 0 Å². The lowest BCUT2D eigenvalue weighted by Gasteiger charge is -2.07. The maximum atomic E-state index is 11.6. The van der Waals surface area contributed by atoms with Gasteiger partial charge >= 0.3 is 11.9 Å². The number of hydrogen-bond donors (Lipinski definition) is 0. The van der Waals surface area contributed by atoms with Crippen LogP contribution in [0.4, 0.5) is 0 Å². The van der Waals surface area contributed by atoms with Gasteiger partial charge in [-0.25, -0.2) is 0 Å². The molecule has 0 aliphatic rings. The average molecular weight is 299 g/mol. The minimum absolute atomic E-state index is 0.184. The number of esters is 2. The minimum Gasteiger partial charge on any atom is -0.466 e. The van der Waals surface area contributed by atoms with E-state index in [0.717, 1.165) is 12.0 Å². The summed E-state index contributed by atoms with van der Waals surface area (Å²) in [7, 11) is 0. The lowest BCUT2D eigenvalue weighted by molar-refractivity contribution is -0.144. The zero-order chi connectivity index (χ0) is 15.0. The second-order valence-electron chi connectivity index (χ2n) is 4.46. The molecule has 0 amide bonds. The maximum absolute atomic E-state index is 11.6. The Labute approximate surface area is 124 Å². The van der Waals surface area contributed by atoms with Gasteiger partial charge in [0.25, 0.3) is 0 Å².